The molecule has 0 unspecified atom stereocenters. The molecule has 1 aliphatic carbocycles. The van der Waals surface area contributed by atoms with Gasteiger partial charge in [-0.3, -0.25) is 5.41 Å². The molecule has 9 heavy (non-hydrogen) atoms. The molecular formula is C6H12N2O. The van der Waals surface area contributed by atoms with E-state index in [2.05, 4.69) is 4.74 Å². The maximum atomic E-state index is 7.17. The summed E-state index contributed by atoms with van der Waals surface area (Å²) >= 11 is 0. The first kappa shape index (κ1) is 6.55. The monoisotopic (exact) mass is 128 g/mol. The zero-order valence-corrected chi connectivity index (χ0v) is 5.55. The van der Waals surface area contributed by atoms with Crippen molar-refractivity contribution < 1.29 is 4.74 Å². The summed E-state index contributed by atoms with van der Waals surface area (Å²) in [6.07, 6.45) is 2.32. The summed E-state index contributed by atoms with van der Waals surface area (Å²) in [6.45, 7) is 0. The van der Waals surface area contributed by atoms with Crippen LogP contribution in [0.15, 0.2) is 0 Å². The second-order valence-electron chi connectivity index (χ2n) is 2.43. The highest BCUT2D eigenvalue weighted by Gasteiger charge is 2.31. The van der Waals surface area contributed by atoms with Crippen LogP contribution in [0.2, 0.25) is 0 Å². The molecule has 52 valence electrons. The van der Waals surface area contributed by atoms with E-state index in [1.54, 1.807) is 0 Å². The zero-order chi connectivity index (χ0) is 6.85. The molecule has 0 spiro atoms. The molecule has 0 radical (unpaired) electrons. The van der Waals surface area contributed by atoms with Crippen LogP contribution < -0.4 is 5.73 Å². The number of rotatable bonds is 2. The van der Waals surface area contributed by atoms with E-state index in [4.69, 9.17) is 11.1 Å². The highest BCUT2D eigenvalue weighted by Crippen LogP contribution is 2.31. The molecule has 0 amide bonds. The summed E-state index contributed by atoms with van der Waals surface area (Å²) in [5.41, 5.74) is 5.58. The third-order valence-electron chi connectivity index (χ3n) is 1.65. The van der Waals surface area contributed by atoms with Gasteiger partial charge in [0.1, 0.15) is 0 Å². The Morgan fingerprint density at radius 3 is 2.67 bits per heavy atom. The second kappa shape index (κ2) is 2.35. The van der Waals surface area contributed by atoms with Crippen LogP contribution in [-0.4, -0.2) is 19.0 Å². The number of hydrogen-bond donors (Lipinski definition) is 2. The van der Waals surface area contributed by atoms with Gasteiger partial charge in [-0.2, -0.15) is 0 Å². The van der Waals surface area contributed by atoms with E-state index in [0.717, 1.165) is 12.8 Å². The number of nitrogens with one attached hydrogen (secondary N) is 1. The summed E-state index contributed by atoms with van der Waals surface area (Å²) in [5.74, 6) is 0.745. The van der Waals surface area contributed by atoms with Crippen LogP contribution in [0.1, 0.15) is 12.8 Å². The van der Waals surface area contributed by atoms with Gasteiger partial charge in [0.05, 0.1) is 13.2 Å². The lowest BCUT2D eigenvalue weighted by Crippen LogP contribution is -2.32. The van der Waals surface area contributed by atoms with Gasteiger partial charge in [-0.25, -0.2) is 0 Å². The first-order valence-electron chi connectivity index (χ1n) is 3.13. The third-order valence-corrected chi connectivity index (χ3v) is 1.65. The van der Waals surface area contributed by atoms with Gasteiger partial charge < -0.3 is 10.5 Å². The van der Waals surface area contributed by atoms with Crippen LogP contribution in [0.3, 0.4) is 0 Å². The van der Waals surface area contributed by atoms with Crippen molar-refractivity contribution in [2.24, 2.45) is 11.7 Å². The molecule has 0 aromatic carbocycles. The van der Waals surface area contributed by atoms with E-state index in [-0.39, 0.29) is 11.9 Å². The average Bonchev–Trinajstić information content (AvgIpc) is 2.66. The topological polar surface area (TPSA) is 59.1 Å². The van der Waals surface area contributed by atoms with Crippen molar-refractivity contribution in [2.45, 2.75) is 18.9 Å². The van der Waals surface area contributed by atoms with Crippen LogP contribution >= 0.6 is 0 Å². The fourth-order valence-corrected chi connectivity index (χ4v) is 0.806. The van der Waals surface area contributed by atoms with Crippen molar-refractivity contribution >= 4 is 5.90 Å². The Balaban J connectivity index is 2.30. The Morgan fingerprint density at radius 2 is 2.33 bits per heavy atom. The van der Waals surface area contributed by atoms with Gasteiger partial charge in [0.25, 0.3) is 0 Å². The predicted molar refractivity (Wildman–Crippen MR) is 35.4 cm³/mol. The van der Waals surface area contributed by atoms with Crippen molar-refractivity contribution in [3.05, 3.63) is 0 Å². The van der Waals surface area contributed by atoms with Crippen molar-refractivity contribution in [3.8, 4) is 0 Å². The first-order valence-corrected chi connectivity index (χ1v) is 3.13. The van der Waals surface area contributed by atoms with Gasteiger partial charge >= 0.3 is 0 Å². The molecule has 0 aromatic heterocycles. The van der Waals surface area contributed by atoms with Crippen molar-refractivity contribution in [3.63, 3.8) is 0 Å². The van der Waals surface area contributed by atoms with Crippen LogP contribution in [-0.2, 0) is 4.74 Å². The summed E-state index contributed by atoms with van der Waals surface area (Å²) in [4.78, 5) is 0. The highest BCUT2D eigenvalue weighted by atomic mass is 16.5. The SMILES string of the molecule is COC(=N)[C@@H](N)C1CC1. The Labute approximate surface area is 54.7 Å². The Kier molecular flexibility index (Phi) is 1.71. The van der Waals surface area contributed by atoms with Gasteiger partial charge in [-0.15, -0.1) is 0 Å². The summed E-state index contributed by atoms with van der Waals surface area (Å²) in [5, 5.41) is 7.17. The molecule has 0 aliphatic heterocycles. The lowest BCUT2D eigenvalue weighted by Gasteiger charge is -2.08. The van der Waals surface area contributed by atoms with Crippen molar-refractivity contribution in [2.75, 3.05) is 7.11 Å². The molecule has 3 nitrogen and oxygen atoms in total. The quantitative estimate of drug-likeness (QED) is 0.416. The van der Waals surface area contributed by atoms with Crippen molar-refractivity contribution in [1.82, 2.24) is 0 Å². The molecule has 1 saturated carbocycles. The third kappa shape index (κ3) is 1.42. The van der Waals surface area contributed by atoms with E-state index in [0.29, 0.717) is 5.92 Å². The van der Waals surface area contributed by atoms with Gasteiger partial charge in [0, 0.05) is 0 Å². The lowest BCUT2D eigenvalue weighted by atomic mass is 10.2. The molecular weight excluding hydrogens is 116 g/mol. The number of hydrogen-bond acceptors (Lipinski definition) is 3. The second-order valence-corrected chi connectivity index (χ2v) is 2.43. The minimum Gasteiger partial charge on any atom is -0.483 e. The smallest absolute Gasteiger partial charge is 0.197 e. The lowest BCUT2D eigenvalue weighted by molar-refractivity contribution is 0.371. The maximum absolute atomic E-state index is 7.17. The van der Waals surface area contributed by atoms with E-state index >= 15 is 0 Å². The number of methoxy groups -OCH3 is 1. The van der Waals surface area contributed by atoms with Gasteiger partial charge in [-0.05, 0) is 18.8 Å². The molecule has 0 aromatic rings. The van der Waals surface area contributed by atoms with Crippen LogP contribution in [0, 0.1) is 11.3 Å². The summed E-state index contributed by atoms with van der Waals surface area (Å²) in [6, 6.07) is -0.144. The average molecular weight is 128 g/mol. The molecule has 1 atom stereocenters. The molecule has 3 N–H and O–H groups in total. The fourth-order valence-electron chi connectivity index (χ4n) is 0.806. The minimum absolute atomic E-state index is 0.144. The minimum atomic E-state index is -0.144. The van der Waals surface area contributed by atoms with Crippen molar-refractivity contribution in [1.29, 1.82) is 5.41 Å². The van der Waals surface area contributed by atoms with E-state index in [1.807, 2.05) is 0 Å². The molecule has 1 rings (SSSR count). The molecule has 3 heteroatoms. The van der Waals surface area contributed by atoms with Crippen LogP contribution in [0.5, 0.6) is 0 Å². The predicted octanol–water partition coefficient (Wildman–Crippen LogP) is 0.347. The Morgan fingerprint density at radius 1 is 1.78 bits per heavy atom. The molecule has 0 saturated heterocycles. The van der Waals surface area contributed by atoms with E-state index in [1.165, 1.54) is 7.11 Å². The molecule has 1 aliphatic rings. The summed E-state index contributed by atoms with van der Waals surface area (Å²) in [7, 11) is 1.49. The van der Waals surface area contributed by atoms with E-state index < -0.39 is 0 Å². The van der Waals surface area contributed by atoms with Crippen LogP contribution in [0.4, 0.5) is 0 Å². The Bertz CT molecular complexity index is 120. The molecule has 0 bridgehead atoms. The first-order chi connectivity index (χ1) is 4.25. The zero-order valence-electron chi connectivity index (χ0n) is 5.55. The fraction of sp³-hybridized carbons (Fsp3) is 0.833. The number of ether oxygens (including phenoxy) is 1. The Hall–Kier alpha value is -0.570. The van der Waals surface area contributed by atoms with Gasteiger partial charge in [-0.1, -0.05) is 0 Å². The number of nitrogens with two attached hydrogens (primary N) is 1. The highest BCUT2D eigenvalue weighted by molar-refractivity contribution is 5.78. The molecule has 0 heterocycles. The summed E-state index contributed by atoms with van der Waals surface area (Å²) < 4.78 is 4.67. The maximum Gasteiger partial charge on any atom is 0.197 e. The van der Waals surface area contributed by atoms with Crippen LogP contribution in [0.25, 0.3) is 0 Å². The normalized spacial score (nSPS) is 21.1. The van der Waals surface area contributed by atoms with Gasteiger partial charge in [0.2, 0.25) is 0 Å². The largest absolute Gasteiger partial charge is 0.483 e. The molecule has 1 fully saturated rings. The standard InChI is InChI=1S/C6H12N2O/c1-9-6(8)5(7)4-2-3-4/h4-5,8H,2-3,7H2,1H3/t5-/m0/s1. The van der Waals surface area contributed by atoms with E-state index in [9.17, 15) is 0 Å². The van der Waals surface area contributed by atoms with Gasteiger partial charge in [0.15, 0.2) is 5.90 Å².